The molecule has 0 saturated heterocycles. The van der Waals surface area contributed by atoms with Gasteiger partial charge in [-0.2, -0.15) is 0 Å². The van der Waals surface area contributed by atoms with Crippen LogP contribution in [0.25, 0.3) is 0 Å². The molecule has 0 aromatic heterocycles. The monoisotopic (exact) mass is 394 g/mol. The molecule has 1 N–H and O–H groups in total. The molecule has 2 aromatic rings. The number of rotatable bonds is 6. The Morgan fingerprint density at radius 2 is 1.86 bits per heavy atom. The Hall–Kier alpha value is -2.27. The van der Waals surface area contributed by atoms with Gasteiger partial charge >= 0.3 is 0 Å². The molecule has 2 amide bonds. The van der Waals surface area contributed by atoms with Gasteiger partial charge in [-0.25, -0.2) is 0 Å². The van der Waals surface area contributed by atoms with Crippen molar-refractivity contribution in [1.29, 1.82) is 0 Å². The Balaban J connectivity index is 1.44. The standard InChI is InChI=1S/C23H26N2O2S/c1-15(2)17-9-7-16(8-10-17)14-25(18-11-12-18)22(26)13-21-23(27)24-19-5-3-4-6-20(19)28-21/h3-10,15,18,21H,11-14H2,1-2H3,(H,24,27)/t21-/m0/s1. The summed E-state index contributed by atoms with van der Waals surface area (Å²) in [4.78, 5) is 28.5. The molecule has 1 heterocycles. The number of nitrogens with one attached hydrogen (secondary N) is 1. The lowest BCUT2D eigenvalue weighted by molar-refractivity contribution is -0.133. The number of fused-ring (bicyclic) bond motifs is 1. The normalized spacial score (nSPS) is 18.5. The smallest absolute Gasteiger partial charge is 0.238 e. The van der Waals surface area contributed by atoms with Crippen LogP contribution in [0.5, 0.6) is 0 Å². The fraction of sp³-hybridized carbons (Fsp3) is 0.391. The predicted octanol–water partition coefficient (Wildman–Crippen LogP) is 4.80. The summed E-state index contributed by atoms with van der Waals surface area (Å²) in [5, 5.41) is 2.57. The van der Waals surface area contributed by atoms with E-state index in [-0.39, 0.29) is 23.5 Å². The van der Waals surface area contributed by atoms with E-state index in [1.807, 2.05) is 29.2 Å². The highest BCUT2D eigenvalue weighted by Gasteiger charge is 2.36. The zero-order chi connectivity index (χ0) is 19.7. The third-order valence-corrected chi connectivity index (χ3v) is 6.65. The average Bonchev–Trinajstić information content (AvgIpc) is 3.52. The Morgan fingerprint density at radius 3 is 2.54 bits per heavy atom. The van der Waals surface area contributed by atoms with Gasteiger partial charge in [0, 0.05) is 23.9 Å². The third-order valence-electron chi connectivity index (χ3n) is 5.37. The highest BCUT2D eigenvalue weighted by Crippen LogP contribution is 2.38. The van der Waals surface area contributed by atoms with Crippen LogP contribution in [0.4, 0.5) is 5.69 Å². The van der Waals surface area contributed by atoms with Crippen LogP contribution in [-0.4, -0.2) is 28.0 Å². The number of thioether (sulfide) groups is 1. The average molecular weight is 395 g/mol. The summed E-state index contributed by atoms with van der Waals surface area (Å²) < 4.78 is 0. The molecule has 0 unspecified atom stereocenters. The number of amides is 2. The van der Waals surface area contributed by atoms with Crippen molar-refractivity contribution < 1.29 is 9.59 Å². The van der Waals surface area contributed by atoms with Gasteiger partial charge < -0.3 is 10.2 Å². The number of carbonyl (C=O) groups is 2. The summed E-state index contributed by atoms with van der Waals surface area (Å²) in [6, 6.07) is 16.6. The number of benzene rings is 2. The van der Waals surface area contributed by atoms with Gasteiger partial charge in [-0.1, -0.05) is 50.2 Å². The van der Waals surface area contributed by atoms with Crippen molar-refractivity contribution >= 4 is 29.3 Å². The van der Waals surface area contributed by atoms with Crippen molar-refractivity contribution in [3.63, 3.8) is 0 Å². The van der Waals surface area contributed by atoms with E-state index in [0.717, 1.165) is 29.0 Å². The second-order valence-corrected chi connectivity index (χ2v) is 9.19. The number of hydrogen-bond acceptors (Lipinski definition) is 3. The highest BCUT2D eigenvalue weighted by molar-refractivity contribution is 8.01. The van der Waals surface area contributed by atoms with Gasteiger partial charge in [0.25, 0.3) is 0 Å². The maximum Gasteiger partial charge on any atom is 0.238 e. The van der Waals surface area contributed by atoms with Crippen LogP contribution in [0.2, 0.25) is 0 Å². The van der Waals surface area contributed by atoms with E-state index in [2.05, 4.69) is 43.4 Å². The molecule has 1 aliphatic carbocycles. The lowest BCUT2D eigenvalue weighted by atomic mass is 10.0. The maximum atomic E-state index is 13.1. The van der Waals surface area contributed by atoms with E-state index in [1.165, 1.54) is 17.3 Å². The molecule has 1 aliphatic heterocycles. The molecule has 1 fully saturated rings. The van der Waals surface area contributed by atoms with Crippen LogP contribution >= 0.6 is 11.8 Å². The quantitative estimate of drug-likeness (QED) is 0.765. The van der Waals surface area contributed by atoms with Crippen LogP contribution in [0, 0.1) is 0 Å². The van der Waals surface area contributed by atoms with Gasteiger partial charge in [0.15, 0.2) is 0 Å². The molecule has 0 radical (unpaired) electrons. The number of para-hydroxylation sites is 1. The zero-order valence-electron chi connectivity index (χ0n) is 16.4. The van der Waals surface area contributed by atoms with Gasteiger partial charge in [-0.15, -0.1) is 11.8 Å². The lowest BCUT2D eigenvalue weighted by Gasteiger charge is -2.27. The predicted molar refractivity (Wildman–Crippen MR) is 113 cm³/mol. The molecule has 0 spiro atoms. The van der Waals surface area contributed by atoms with E-state index < -0.39 is 0 Å². The first-order valence-electron chi connectivity index (χ1n) is 9.96. The van der Waals surface area contributed by atoms with Crippen molar-refractivity contribution in [2.45, 2.75) is 61.8 Å². The molecule has 2 aromatic carbocycles. The Kier molecular flexibility index (Phi) is 5.44. The molecule has 5 heteroatoms. The van der Waals surface area contributed by atoms with Crippen LogP contribution in [0.3, 0.4) is 0 Å². The summed E-state index contributed by atoms with van der Waals surface area (Å²) in [6.07, 6.45) is 2.36. The van der Waals surface area contributed by atoms with Crippen LogP contribution in [0.1, 0.15) is 50.2 Å². The zero-order valence-corrected chi connectivity index (χ0v) is 17.2. The minimum Gasteiger partial charge on any atom is -0.335 e. The first-order chi connectivity index (χ1) is 13.5. The fourth-order valence-electron chi connectivity index (χ4n) is 3.51. The molecular formula is C23H26N2O2S. The summed E-state index contributed by atoms with van der Waals surface area (Å²) in [5.41, 5.74) is 3.29. The van der Waals surface area contributed by atoms with Crippen molar-refractivity contribution in [2.75, 3.05) is 5.32 Å². The number of nitrogens with zero attached hydrogens (tertiary/aromatic N) is 1. The Morgan fingerprint density at radius 1 is 1.14 bits per heavy atom. The second-order valence-electron chi connectivity index (χ2n) is 7.95. The molecule has 28 heavy (non-hydrogen) atoms. The topological polar surface area (TPSA) is 49.4 Å². The van der Waals surface area contributed by atoms with Crippen molar-refractivity contribution in [1.82, 2.24) is 4.90 Å². The molecule has 146 valence electrons. The maximum absolute atomic E-state index is 13.1. The van der Waals surface area contributed by atoms with Gasteiger partial charge in [0.05, 0.1) is 10.9 Å². The molecule has 2 aliphatic rings. The number of anilines is 1. The molecule has 4 nitrogen and oxygen atoms in total. The Labute approximate surface area is 170 Å². The minimum absolute atomic E-state index is 0.0717. The van der Waals surface area contributed by atoms with Crippen molar-refractivity contribution in [3.05, 3.63) is 59.7 Å². The van der Waals surface area contributed by atoms with E-state index in [9.17, 15) is 9.59 Å². The van der Waals surface area contributed by atoms with Crippen LogP contribution in [0.15, 0.2) is 53.4 Å². The van der Waals surface area contributed by atoms with Gasteiger partial charge in [-0.05, 0) is 42.0 Å². The molecule has 1 atom stereocenters. The summed E-state index contributed by atoms with van der Waals surface area (Å²) in [5.74, 6) is 0.497. The third kappa shape index (κ3) is 4.25. The van der Waals surface area contributed by atoms with Gasteiger partial charge in [-0.3, -0.25) is 9.59 Å². The largest absolute Gasteiger partial charge is 0.335 e. The van der Waals surface area contributed by atoms with Crippen LogP contribution in [-0.2, 0) is 16.1 Å². The number of carbonyl (C=O) groups excluding carboxylic acids is 2. The van der Waals surface area contributed by atoms with Gasteiger partial charge in [0.2, 0.25) is 11.8 Å². The van der Waals surface area contributed by atoms with E-state index in [4.69, 9.17) is 0 Å². The minimum atomic E-state index is -0.369. The van der Waals surface area contributed by atoms with E-state index in [1.54, 1.807) is 0 Å². The summed E-state index contributed by atoms with van der Waals surface area (Å²) in [7, 11) is 0. The molecule has 4 rings (SSSR count). The van der Waals surface area contributed by atoms with E-state index in [0.29, 0.717) is 18.5 Å². The van der Waals surface area contributed by atoms with Gasteiger partial charge in [0.1, 0.15) is 0 Å². The van der Waals surface area contributed by atoms with Crippen molar-refractivity contribution in [3.8, 4) is 0 Å². The van der Waals surface area contributed by atoms with E-state index >= 15 is 0 Å². The lowest BCUT2D eigenvalue weighted by Crippen LogP contribution is -2.38. The van der Waals surface area contributed by atoms with Crippen LogP contribution < -0.4 is 5.32 Å². The number of hydrogen-bond donors (Lipinski definition) is 1. The Bertz CT molecular complexity index is 874. The first-order valence-corrected chi connectivity index (χ1v) is 10.8. The molecule has 0 bridgehead atoms. The molecular weight excluding hydrogens is 368 g/mol. The highest BCUT2D eigenvalue weighted by atomic mass is 32.2. The molecule has 1 saturated carbocycles. The SMILES string of the molecule is CC(C)c1ccc(CN(C(=O)C[C@@H]2Sc3ccccc3NC2=O)C2CC2)cc1. The second kappa shape index (κ2) is 8.00. The summed E-state index contributed by atoms with van der Waals surface area (Å²) >= 11 is 1.49. The summed E-state index contributed by atoms with van der Waals surface area (Å²) in [6.45, 7) is 4.98. The van der Waals surface area contributed by atoms with Crippen molar-refractivity contribution in [2.24, 2.45) is 0 Å². The first kappa shape index (κ1) is 19.1. The fourth-order valence-corrected chi connectivity index (χ4v) is 4.62.